The predicted molar refractivity (Wildman–Crippen MR) is 131 cm³/mol. The number of benzene rings is 1. The second kappa shape index (κ2) is 10.2. The molecule has 33 heavy (non-hydrogen) atoms. The van der Waals surface area contributed by atoms with Crippen molar-refractivity contribution in [3.8, 4) is 0 Å². The van der Waals surface area contributed by atoms with E-state index >= 15 is 0 Å². The number of amides is 1. The predicted octanol–water partition coefficient (Wildman–Crippen LogP) is 2.24. The van der Waals surface area contributed by atoms with E-state index in [1.807, 2.05) is 0 Å². The van der Waals surface area contributed by atoms with Crippen molar-refractivity contribution in [2.24, 2.45) is 18.9 Å². The van der Waals surface area contributed by atoms with Gasteiger partial charge in [-0.2, -0.15) is 4.31 Å². The first-order valence-electron chi connectivity index (χ1n) is 11.9. The second-order valence-electron chi connectivity index (χ2n) is 9.43. The fraction of sp³-hybridized carbons (Fsp3) is 0.652. The fourth-order valence-corrected chi connectivity index (χ4v) is 7.42. The van der Waals surface area contributed by atoms with Gasteiger partial charge in [0.25, 0.3) is 0 Å². The zero-order valence-electron chi connectivity index (χ0n) is 19.5. The molecule has 2 aliphatic rings. The minimum atomic E-state index is -3.65. The Balaban J connectivity index is 1.26. The van der Waals surface area contributed by atoms with E-state index in [1.165, 1.54) is 21.7 Å². The minimum Gasteiger partial charge on any atom is -0.356 e. The Kier molecular flexibility index (Phi) is 7.57. The molecule has 1 atom stereocenters. The van der Waals surface area contributed by atoms with Gasteiger partial charge >= 0.3 is 4.87 Å². The van der Waals surface area contributed by atoms with E-state index < -0.39 is 10.0 Å². The maximum Gasteiger partial charge on any atom is 0.307 e. The van der Waals surface area contributed by atoms with Crippen LogP contribution in [0.3, 0.4) is 0 Å². The molecule has 3 heterocycles. The molecular formula is C23H34N4O4S2. The molecule has 0 radical (unpaired) electrons. The Labute approximate surface area is 199 Å². The van der Waals surface area contributed by atoms with E-state index in [4.69, 9.17) is 0 Å². The van der Waals surface area contributed by atoms with Crippen LogP contribution < -0.4 is 10.2 Å². The van der Waals surface area contributed by atoms with Gasteiger partial charge in [-0.1, -0.05) is 18.3 Å². The van der Waals surface area contributed by atoms with Crippen molar-refractivity contribution in [2.75, 3.05) is 39.3 Å². The van der Waals surface area contributed by atoms with Gasteiger partial charge in [-0.15, -0.1) is 0 Å². The van der Waals surface area contributed by atoms with Crippen LogP contribution in [0.2, 0.25) is 0 Å². The molecule has 10 heteroatoms. The number of aryl methyl sites for hydroxylation is 1. The summed E-state index contributed by atoms with van der Waals surface area (Å²) in [7, 11) is -1.97. The molecule has 0 bridgehead atoms. The van der Waals surface area contributed by atoms with Gasteiger partial charge < -0.3 is 14.8 Å². The molecule has 1 aromatic carbocycles. The van der Waals surface area contributed by atoms with Crippen LogP contribution in [0.1, 0.15) is 39.0 Å². The third kappa shape index (κ3) is 5.50. The van der Waals surface area contributed by atoms with Crippen LogP contribution >= 0.6 is 11.3 Å². The Morgan fingerprint density at radius 3 is 2.67 bits per heavy atom. The smallest absolute Gasteiger partial charge is 0.307 e. The first-order chi connectivity index (χ1) is 15.8. The summed E-state index contributed by atoms with van der Waals surface area (Å²) in [6, 6.07) is 4.83. The van der Waals surface area contributed by atoms with Crippen molar-refractivity contribution in [2.45, 2.75) is 43.9 Å². The van der Waals surface area contributed by atoms with Crippen LogP contribution in [0.5, 0.6) is 0 Å². The zero-order chi connectivity index (χ0) is 23.6. The van der Waals surface area contributed by atoms with Crippen molar-refractivity contribution in [3.05, 3.63) is 27.9 Å². The Morgan fingerprint density at radius 1 is 1.18 bits per heavy atom. The summed E-state index contributed by atoms with van der Waals surface area (Å²) in [5.41, 5.74) is 0.731. The SMILES string of the molecule is C[C@@H]1CCCN(CCCNC(=O)C2CCN(S(=O)(=O)c3ccc4c(c3)sc(=O)n4C)CC2)C1. The van der Waals surface area contributed by atoms with Crippen LogP contribution in [0.15, 0.2) is 27.9 Å². The zero-order valence-corrected chi connectivity index (χ0v) is 21.1. The molecule has 0 saturated carbocycles. The highest BCUT2D eigenvalue weighted by Crippen LogP contribution is 2.27. The lowest BCUT2D eigenvalue weighted by atomic mass is 9.97. The van der Waals surface area contributed by atoms with Gasteiger partial charge in [-0.05, 0) is 69.3 Å². The second-order valence-corrected chi connectivity index (χ2v) is 12.4. The molecule has 2 aromatic rings. The van der Waals surface area contributed by atoms with E-state index in [9.17, 15) is 18.0 Å². The van der Waals surface area contributed by atoms with Crippen molar-refractivity contribution >= 4 is 37.5 Å². The maximum atomic E-state index is 13.1. The molecule has 2 aliphatic heterocycles. The summed E-state index contributed by atoms with van der Waals surface area (Å²) in [6.45, 7) is 6.94. The number of hydrogen-bond donors (Lipinski definition) is 1. The Hall–Kier alpha value is -1.75. The summed E-state index contributed by atoms with van der Waals surface area (Å²) < 4.78 is 29.9. The number of nitrogens with zero attached hydrogens (tertiary/aromatic N) is 3. The van der Waals surface area contributed by atoms with Crippen LogP contribution in [-0.2, 0) is 21.9 Å². The lowest BCUT2D eigenvalue weighted by molar-refractivity contribution is -0.126. The van der Waals surface area contributed by atoms with Crippen LogP contribution in [0, 0.1) is 11.8 Å². The molecule has 2 saturated heterocycles. The van der Waals surface area contributed by atoms with Gasteiger partial charge in [0.15, 0.2) is 0 Å². The van der Waals surface area contributed by atoms with Gasteiger partial charge in [0.1, 0.15) is 0 Å². The maximum absolute atomic E-state index is 13.1. The number of nitrogens with one attached hydrogen (secondary N) is 1. The van der Waals surface area contributed by atoms with E-state index in [0.717, 1.165) is 48.8 Å². The number of aromatic nitrogens is 1. The van der Waals surface area contributed by atoms with Crippen LogP contribution in [-0.4, -0.2) is 67.4 Å². The molecule has 2 fully saturated rings. The first kappa shape index (κ1) is 24.4. The summed E-state index contributed by atoms with van der Waals surface area (Å²) >= 11 is 1.05. The number of rotatable bonds is 7. The van der Waals surface area contributed by atoms with E-state index in [-0.39, 0.29) is 21.6 Å². The van der Waals surface area contributed by atoms with Gasteiger partial charge in [-0.3, -0.25) is 9.59 Å². The van der Waals surface area contributed by atoms with E-state index in [1.54, 1.807) is 25.2 Å². The van der Waals surface area contributed by atoms with Crippen LogP contribution in [0.25, 0.3) is 10.2 Å². The number of carbonyl (C=O) groups excluding carboxylic acids is 1. The average molecular weight is 495 g/mol. The number of sulfonamides is 1. The summed E-state index contributed by atoms with van der Waals surface area (Å²) in [5.74, 6) is 0.650. The molecular weight excluding hydrogens is 460 g/mol. The van der Waals surface area contributed by atoms with Gasteiger partial charge in [0.05, 0.1) is 15.1 Å². The van der Waals surface area contributed by atoms with Crippen molar-refractivity contribution < 1.29 is 13.2 Å². The van der Waals surface area contributed by atoms with Gasteiger partial charge in [-0.25, -0.2) is 8.42 Å². The first-order valence-corrected chi connectivity index (χ1v) is 14.1. The van der Waals surface area contributed by atoms with Crippen LogP contribution in [0.4, 0.5) is 0 Å². The fourth-order valence-electron chi connectivity index (χ4n) is 4.93. The van der Waals surface area contributed by atoms with Crippen molar-refractivity contribution in [1.82, 2.24) is 19.1 Å². The quantitative estimate of drug-likeness (QED) is 0.596. The Bertz CT molecular complexity index is 1150. The highest BCUT2D eigenvalue weighted by molar-refractivity contribution is 7.89. The van der Waals surface area contributed by atoms with Crippen molar-refractivity contribution in [1.29, 1.82) is 0 Å². The molecule has 0 spiro atoms. The molecule has 1 amide bonds. The highest BCUT2D eigenvalue weighted by Gasteiger charge is 2.32. The largest absolute Gasteiger partial charge is 0.356 e. The topological polar surface area (TPSA) is 91.7 Å². The third-order valence-electron chi connectivity index (χ3n) is 6.92. The molecule has 0 aliphatic carbocycles. The number of carbonyl (C=O) groups is 1. The number of likely N-dealkylation sites (tertiary alicyclic amines) is 1. The number of thiazole rings is 1. The Morgan fingerprint density at radius 2 is 1.94 bits per heavy atom. The average Bonchev–Trinajstić information content (AvgIpc) is 3.09. The summed E-state index contributed by atoms with van der Waals surface area (Å²) in [5, 5.41) is 3.05. The van der Waals surface area contributed by atoms with Gasteiger partial charge in [0.2, 0.25) is 15.9 Å². The normalized spacial score (nSPS) is 21.5. The van der Waals surface area contributed by atoms with E-state index in [0.29, 0.717) is 37.2 Å². The number of fused-ring (bicyclic) bond motifs is 1. The molecule has 182 valence electrons. The molecule has 1 N–H and O–H groups in total. The lowest BCUT2D eigenvalue weighted by Crippen LogP contribution is -2.43. The monoisotopic (exact) mass is 494 g/mol. The molecule has 8 nitrogen and oxygen atoms in total. The molecule has 4 rings (SSSR count). The molecule has 0 unspecified atom stereocenters. The lowest BCUT2D eigenvalue weighted by Gasteiger charge is -2.31. The van der Waals surface area contributed by atoms with Crippen molar-refractivity contribution in [3.63, 3.8) is 0 Å². The number of hydrogen-bond acceptors (Lipinski definition) is 6. The minimum absolute atomic E-state index is 0.0366. The standard InChI is InChI=1S/C23H34N4O4S2/c1-17-5-3-11-26(16-17)12-4-10-24-22(28)18-8-13-27(14-9-18)33(30,31)19-6-7-20-21(15-19)32-23(29)25(20)2/h6-7,15,17-18H,3-5,8-14,16H2,1-2H3,(H,24,28)/t17-/m1/s1. The summed E-state index contributed by atoms with van der Waals surface area (Å²) in [6.07, 6.45) is 4.56. The third-order valence-corrected chi connectivity index (χ3v) is 9.81. The highest BCUT2D eigenvalue weighted by atomic mass is 32.2. The van der Waals surface area contributed by atoms with E-state index in [2.05, 4.69) is 17.1 Å². The summed E-state index contributed by atoms with van der Waals surface area (Å²) in [4.78, 5) is 27.0. The number of piperidine rings is 2. The van der Waals surface area contributed by atoms with Gasteiger partial charge in [0, 0.05) is 39.1 Å². The molecule has 1 aromatic heterocycles.